The molecular formula is C14H19N3O. The van der Waals surface area contributed by atoms with E-state index in [1.54, 1.807) is 7.11 Å². The molecule has 1 heterocycles. The van der Waals surface area contributed by atoms with E-state index in [0.717, 1.165) is 34.7 Å². The van der Waals surface area contributed by atoms with Gasteiger partial charge in [0.2, 0.25) is 0 Å². The molecule has 0 saturated heterocycles. The average molecular weight is 245 g/mol. The number of nitrogens with two attached hydrogens (primary N) is 1. The SMILES string of the molecule is COc1ccc(-c2cc(CCN)nn2C)cc1C. The largest absolute Gasteiger partial charge is 0.496 e. The number of ether oxygens (including phenoxy) is 1. The van der Waals surface area contributed by atoms with Crippen LogP contribution in [-0.2, 0) is 13.5 Å². The zero-order valence-corrected chi connectivity index (χ0v) is 11.1. The molecule has 96 valence electrons. The van der Waals surface area contributed by atoms with Crippen LogP contribution in [0.2, 0.25) is 0 Å². The summed E-state index contributed by atoms with van der Waals surface area (Å²) in [5.74, 6) is 0.906. The van der Waals surface area contributed by atoms with E-state index in [1.165, 1.54) is 0 Å². The van der Waals surface area contributed by atoms with E-state index >= 15 is 0 Å². The molecule has 0 unspecified atom stereocenters. The lowest BCUT2D eigenvalue weighted by Gasteiger charge is -2.07. The van der Waals surface area contributed by atoms with Gasteiger partial charge in [0, 0.05) is 19.0 Å². The van der Waals surface area contributed by atoms with E-state index in [2.05, 4.69) is 23.3 Å². The monoisotopic (exact) mass is 245 g/mol. The minimum atomic E-state index is 0.623. The van der Waals surface area contributed by atoms with Crippen LogP contribution in [0.25, 0.3) is 11.3 Å². The van der Waals surface area contributed by atoms with Crippen LogP contribution in [0.4, 0.5) is 0 Å². The lowest BCUT2D eigenvalue weighted by Crippen LogP contribution is -2.03. The second-order valence-electron chi connectivity index (χ2n) is 4.37. The predicted molar refractivity (Wildman–Crippen MR) is 72.7 cm³/mol. The van der Waals surface area contributed by atoms with Crippen LogP contribution >= 0.6 is 0 Å². The van der Waals surface area contributed by atoms with Gasteiger partial charge in [-0.15, -0.1) is 0 Å². The van der Waals surface area contributed by atoms with Gasteiger partial charge in [0.15, 0.2) is 0 Å². The number of aromatic nitrogens is 2. The van der Waals surface area contributed by atoms with Gasteiger partial charge in [-0.3, -0.25) is 4.68 Å². The third-order valence-electron chi connectivity index (χ3n) is 3.02. The zero-order valence-electron chi connectivity index (χ0n) is 11.1. The third kappa shape index (κ3) is 2.38. The molecule has 0 aliphatic heterocycles. The molecular weight excluding hydrogens is 226 g/mol. The van der Waals surface area contributed by atoms with Crippen LogP contribution in [-0.4, -0.2) is 23.4 Å². The highest BCUT2D eigenvalue weighted by Crippen LogP contribution is 2.26. The lowest BCUT2D eigenvalue weighted by atomic mass is 10.1. The minimum absolute atomic E-state index is 0.623. The van der Waals surface area contributed by atoms with E-state index < -0.39 is 0 Å². The summed E-state index contributed by atoms with van der Waals surface area (Å²) >= 11 is 0. The number of aryl methyl sites for hydroxylation is 2. The summed E-state index contributed by atoms with van der Waals surface area (Å²) in [7, 11) is 3.64. The summed E-state index contributed by atoms with van der Waals surface area (Å²) < 4.78 is 7.17. The number of methoxy groups -OCH3 is 1. The highest BCUT2D eigenvalue weighted by Gasteiger charge is 2.08. The molecule has 0 aliphatic rings. The third-order valence-corrected chi connectivity index (χ3v) is 3.02. The summed E-state index contributed by atoms with van der Waals surface area (Å²) in [6.07, 6.45) is 0.809. The van der Waals surface area contributed by atoms with Gasteiger partial charge in [0.05, 0.1) is 18.5 Å². The van der Waals surface area contributed by atoms with Crippen LogP contribution in [0.15, 0.2) is 24.3 Å². The Morgan fingerprint density at radius 3 is 2.72 bits per heavy atom. The Morgan fingerprint density at radius 2 is 2.11 bits per heavy atom. The minimum Gasteiger partial charge on any atom is -0.496 e. The van der Waals surface area contributed by atoms with E-state index in [1.807, 2.05) is 24.7 Å². The Bertz CT molecular complexity index is 546. The maximum absolute atomic E-state index is 5.55. The van der Waals surface area contributed by atoms with Crippen molar-refractivity contribution in [3.05, 3.63) is 35.5 Å². The molecule has 18 heavy (non-hydrogen) atoms. The molecule has 1 aromatic heterocycles. The molecule has 0 aliphatic carbocycles. The van der Waals surface area contributed by atoms with Gasteiger partial charge in [-0.25, -0.2) is 0 Å². The number of hydrogen-bond acceptors (Lipinski definition) is 3. The highest BCUT2D eigenvalue weighted by molar-refractivity contribution is 5.62. The van der Waals surface area contributed by atoms with Crippen molar-refractivity contribution in [1.29, 1.82) is 0 Å². The molecule has 4 heteroatoms. The highest BCUT2D eigenvalue weighted by atomic mass is 16.5. The van der Waals surface area contributed by atoms with Gasteiger partial charge in [0.1, 0.15) is 5.75 Å². The van der Waals surface area contributed by atoms with Crippen molar-refractivity contribution in [1.82, 2.24) is 9.78 Å². The van der Waals surface area contributed by atoms with Gasteiger partial charge < -0.3 is 10.5 Å². The molecule has 1 aromatic carbocycles. The van der Waals surface area contributed by atoms with Gasteiger partial charge >= 0.3 is 0 Å². The number of hydrogen-bond donors (Lipinski definition) is 1. The van der Waals surface area contributed by atoms with Crippen molar-refractivity contribution in [3.8, 4) is 17.0 Å². The summed E-state index contributed by atoms with van der Waals surface area (Å²) in [5.41, 5.74) is 9.95. The first-order valence-electron chi connectivity index (χ1n) is 6.03. The predicted octanol–water partition coefficient (Wildman–Crippen LogP) is 1.91. The molecule has 0 fully saturated rings. The van der Waals surface area contributed by atoms with Crippen LogP contribution in [0.1, 0.15) is 11.3 Å². The van der Waals surface area contributed by atoms with Gasteiger partial charge in [-0.2, -0.15) is 5.10 Å². The second kappa shape index (κ2) is 5.23. The summed E-state index contributed by atoms with van der Waals surface area (Å²) in [6, 6.07) is 8.24. The first kappa shape index (κ1) is 12.6. The zero-order chi connectivity index (χ0) is 13.1. The van der Waals surface area contributed by atoms with Gasteiger partial charge in [-0.1, -0.05) is 0 Å². The molecule has 2 N–H and O–H groups in total. The van der Waals surface area contributed by atoms with E-state index in [0.29, 0.717) is 6.54 Å². The molecule has 0 amide bonds. The average Bonchev–Trinajstić information content (AvgIpc) is 2.71. The Morgan fingerprint density at radius 1 is 1.33 bits per heavy atom. The second-order valence-corrected chi connectivity index (χ2v) is 4.37. The molecule has 0 radical (unpaired) electrons. The standard InChI is InChI=1S/C14H19N3O/c1-10-8-11(4-5-14(10)18-3)13-9-12(6-7-15)16-17(13)2/h4-5,8-9H,6-7,15H2,1-3H3. The quantitative estimate of drug-likeness (QED) is 0.895. The maximum Gasteiger partial charge on any atom is 0.121 e. The van der Waals surface area contributed by atoms with Crippen molar-refractivity contribution in [2.75, 3.05) is 13.7 Å². The fraction of sp³-hybridized carbons (Fsp3) is 0.357. The van der Waals surface area contributed by atoms with Gasteiger partial charge in [-0.05, 0) is 43.3 Å². The number of benzene rings is 1. The summed E-state index contributed by atoms with van der Waals surface area (Å²) in [4.78, 5) is 0. The van der Waals surface area contributed by atoms with Gasteiger partial charge in [0.25, 0.3) is 0 Å². The fourth-order valence-electron chi connectivity index (χ4n) is 2.10. The van der Waals surface area contributed by atoms with Crippen LogP contribution in [0.3, 0.4) is 0 Å². The Kier molecular flexibility index (Phi) is 3.67. The van der Waals surface area contributed by atoms with Crippen molar-refractivity contribution in [2.45, 2.75) is 13.3 Å². The lowest BCUT2D eigenvalue weighted by molar-refractivity contribution is 0.412. The fourth-order valence-corrected chi connectivity index (χ4v) is 2.10. The molecule has 2 rings (SSSR count). The van der Waals surface area contributed by atoms with E-state index in [9.17, 15) is 0 Å². The number of rotatable bonds is 4. The molecule has 0 atom stereocenters. The van der Waals surface area contributed by atoms with Crippen molar-refractivity contribution in [2.24, 2.45) is 12.8 Å². The molecule has 0 saturated carbocycles. The number of nitrogens with zero attached hydrogens (tertiary/aromatic N) is 2. The van der Waals surface area contributed by atoms with Crippen LogP contribution < -0.4 is 10.5 Å². The maximum atomic E-state index is 5.55. The topological polar surface area (TPSA) is 53.1 Å². The Balaban J connectivity index is 2.39. The summed E-state index contributed by atoms with van der Waals surface area (Å²) in [5, 5.41) is 4.45. The summed E-state index contributed by atoms with van der Waals surface area (Å²) in [6.45, 7) is 2.66. The normalized spacial score (nSPS) is 10.7. The Labute approximate surface area is 107 Å². The van der Waals surface area contributed by atoms with Crippen molar-refractivity contribution < 1.29 is 4.74 Å². The molecule has 0 bridgehead atoms. The molecule has 0 spiro atoms. The van der Waals surface area contributed by atoms with E-state index in [4.69, 9.17) is 10.5 Å². The Hall–Kier alpha value is -1.81. The molecule has 2 aromatic rings. The molecule has 4 nitrogen and oxygen atoms in total. The first-order chi connectivity index (χ1) is 8.65. The van der Waals surface area contributed by atoms with Crippen LogP contribution in [0.5, 0.6) is 5.75 Å². The van der Waals surface area contributed by atoms with Crippen molar-refractivity contribution >= 4 is 0 Å². The van der Waals surface area contributed by atoms with Crippen LogP contribution in [0, 0.1) is 6.92 Å². The van der Waals surface area contributed by atoms with E-state index in [-0.39, 0.29) is 0 Å². The first-order valence-corrected chi connectivity index (χ1v) is 6.03. The van der Waals surface area contributed by atoms with Crippen molar-refractivity contribution in [3.63, 3.8) is 0 Å². The smallest absolute Gasteiger partial charge is 0.121 e.